The molecule has 20 heavy (non-hydrogen) atoms. The minimum Gasteiger partial charge on any atom is -0.240 e. The summed E-state index contributed by atoms with van der Waals surface area (Å²) in [5, 5.41) is 6.19. The van der Waals surface area contributed by atoms with Crippen molar-refractivity contribution in [3.63, 3.8) is 0 Å². The maximum atomic E-state index is 5.92. The lowest BCUT2D eigenvalue weighted by atomic mass is 10.1. The van der Waals surface area contributed by atoms with Crippen molar-refractivity contribution in [2.24, 2.45) is 0 Å². The summed E-state index contributed by atoms with van der Waals surface area (Å²) in [6.45, 7) is 0. The summed E-state index contributed by atoms with van der Waals surface area (Å²) in [6.07, 6.45) is 2.04. The first-order valence-corrected chi connectivity index (χ1v) is 7.74. The molecule has 0 aliphatic rings. The molecule has 0 radical (unpaired) electrons. The van der Waals surface area contributed by atoms with Gasteiger partial charge in [0.1, 0.15) is 0 Å². The van der Waals surface area contributed by atoms with Crippen molar-refractivity contribution in [3.8, 4) is 16.9 Å². The number of aromatic nitrogens is 2. The summed E-state index contributed by atoms with van der Waals surface area (Å²) < 4.78 is 1.88. The van der Waals surface area contributed by atoms with Crippen LogP contribution in [0.25, 0.3) is 16.9 Å². The maximum absolute atomic E-state index is 5.92. The van der Waals surface area contributed by atoms with Crippen LogP contribution in [0.2, 0.25) is 5.02 Å². The molecule has 1 aromatic heterocycles. The van der Waals surface area contributed by atoms with E-state index in [1.165, 1.54) is 0 Å². The van der Waals surface area contributed by atoms with E-state index in [1.54, 1.807) is 0 Å². The molecule has 2 nitrogen and oxygen atoms in total. The average Bonchev–Trinajstić information content (AvgIpc) is 2.93. The third-order valence-electron chi connectivity index (χ3n) is 3.07. The van der Waals surface area contributed by atoms with Crippen molar-refractivity contribution in [2.75, 3.05) is 0 Å². The fourth-order valence-electron chi connectivity index (χ4n) is 2.07. The third-order valence-corrected chi connectivity index (χ3v) is 3.93. The smallest absolute Gasteiger partial charge is 0.0968 e. The van der Waals surface area contributed by atoms with Gasteiger partial charge in [0.15, 0.2) is 0 Å². The molecular weight excluding hydrogens is 336 g/mol. The lowest BCUT2D eigenvalue weighted by Crippen LogP contribution is -1.94. The number of hydrogen-bond acceptors (Lipinski definition) is 1. The van der Waals surface area contributed by atoms with E-state index < -0.39 is 0 Å². The van der Waals surface area contributed by atoms with Crippen molar-refractivity contribution in [1.82, 2.24) is 9.78 Å². The van der Waals surface area contributed by atoms with Crippen LogP contribution < -0.4 is 0 Å². The highest BCUT2D eigenvalue weighted by Crippen LogP contribution is 2.25. The minimum absolute atomic E-state index is 0.727. The van der Waals surface area contributed by atoms with Crippen LogP contribution in [-0.2, 0) is 5.33 Å². The highest BCUT2D eigenvalue weighted by atomic mass is 79.9. The largest absolute Gasteiger partial charge is 0.240 e. The van der Waals surface area contributed by atoms with Crippen molar-refractivity contribution in [1.29, 1.82) is 0 Å². The Morgan fingerprint density at radius 1 is 1.00 bits per heavy atom. The van der Waals surface area contributed by atoms with E-state index in [1.807, 2.05) is 53.3 Å². The van der Waals surface area contributed by atoms with Crippen LogP contribution in [0.15, 0.2) is 60.8 Å². The van der Waals surface area contributed by atoms with Crippen molar-refractivity contribution in [2.45, 2.75) is 5.33 Å². The summed E-state index contributed by atoms with van der Waals surface area (Å²) in [4.78, 5) is 0. The van der Waals surface area contributed by atoms with Gasteiger partial charge in [-0.2, -0.15) is 5.10 Å². The summed E-state index contributed by atoms with van der Waals surface area (Å²) in [5.74, 6) is 0. The zero-order valence-electron chi connectivity index (χ0n) is 10.6. The van der Waals surface area contributed by atoms with Crippen LogP contribution in [0, 0.1) is 0 Å². The zero-order chi connectivity index (χ0) is 13.9. The van der Waals surface area contributed by atoms with E-state index in [-0.39, 0.29) is 0 Å². The van der Waals surface area contributed by atoms with Crippen molar-refractivity contribution < 1.29 is 0 Å². The average molecular weight is 348 g/mol. The first-order chi connectivity index (χ1) is 9.78. The molecule has 0 bridgehead atoms. The van der Waals surface area contributed by atoms with Gasteiger partial charge in [0, 0.05) is 27.7 Å². The Kier molecular flexibility index (Phi) is 3.90. The monoisotopic (exact) mass is 346 g/mol. The van der Waals surface area contributed by atoms with Gasteiger partial charge in [-0.15, -0.1) is 0 Å². The lowest BCUT2D eigenvalue weighted by Gasteiger charge is -2.01. The second-order valence-corrected chi connectivity index (χ2v) is 5.42. The Hall–Kier alpha value is -1.58. The number of nitrogens with zero attached hydrogens (tertiary/aromatic N) is 2. The minimum atomic E-state index is 0.727. The fourth-order valence-corrected chi connectivity index (χ4v) is 2.61. The van der Waals surface area contributed by atoms with Gasteiger partial charge < -0.3 is 0 Å². The van der Waals surface area contributed by atoms with E-state index in [0.29, 0.717) is 0 Å². The Morgan fingerprint density at radius 2 is 1.70 bits per heavy atom. The second kappa shape index (κ2) is 5.81. The molecule has 2 aromatic carbocycles. The van der Waals surface area contributed by atoms with Gasteiger partial charge in [-0.25, -0.2) is 4.68 Å². The van der Waals surface area contributed by atoms with Crippen LogP contribution in [-0.4, -0.2) is 9.78 Å². The predicted molar refractivity (Wildman–Crippen MR) is 86.6 cm³/mol. The Bertz CT molecular complexity index is 705. The molecule has 1 heterocycles. The first kappa shape index (κ1) is 13.4. The number of hydrogen-bond donors (Lipinski definition) is 0. The van der Waals surface area contributed by atoms with Crippen molar-refractivity contribution >= 4 is 27.5 Å². The number of rotatable bonds is 3. The lowest BCUT2D eigenvalue weighted by molar-refractivity contribution is 0.884. The number of alkyl halides is 1. The molecule has 0 atom stereocenters. The van der Waals surface area contributed by atoms with Gasteiger partial charge in [-0.1, -0.05) is 57.9 Å². The summed E-state index contributed by atoms with van der Waals surface area (Å²) in [6, 6.07) is 17.9. The van der Waals surface area contributed by atoms with Crippen LogP contribution in [0.1, 0.15) is 5.56 Å². The Labute approximate surface area is 131 Å². The molecule has 0 spiro atoms. The molecule has 3 aromatic rings. The van der Waals surface area contributed by atoms with E-state index in [9.17, 15) is 0 Å². The van der Waals surface area contributed by atoms with Crippen LogP contribution in [0.3, 0.4) is 0 Å². The number of halogens is 2. The van der Waals surface area contributed by atoms with Gasteiger partial charge >= 0.3 is 0 Å². The fraction of sp³-hybridized carbons (Fsp3) is 0.0625. The van der Waals surface area contributed by atoms with E-state index in [2.05, 4.69) is 28.1 Å². The summed E-state index contributed by atoms with van der Waals surface area (Å²) in [5.41, 5.74) is 4.28. The predicted octanol–water partition coefficient (Wildman–Crippen LogP) is 5.09. The van der Waals surface area contributed by atoms with E-state index in [4.69, 9.17) is 16.7 Å². The van der Waals surface area contributed by atoms with Crippen molar-refractivity contribution in [3.05, 3.63) is 71.4 Å². The molecule has 0 saturated carbocycles. The molecule has 0 aliphatic carbocycles. The van der Waals surface area contributed by atoms with E-state index in [0.717, 1.165) is 32.9 Å². The molecular formula is C16H12BrClN2. The molecule has 0 N–H and O–H groups in total. The molecule has 100 valence electrons. The van der Waals surface area contributed by atoms with Gasteiger partial charge in [0.25, 0.3) is 0 Å². The summed E-state index contributed by atoms with van der Waals surface area (Å²) in [7, 11) is 0. The maximum Gasteiger partial charge on any atom is 0.0968 e. The Morgan fingerprint density at radius 3 is 2.35 bits per heavy atom. The normalized spacial score (nSPS) is 10.7. The topological polar surface area (TPSA) is 17.8 Å². The highest BCUT2D eigenvalue weighted by molar-refractivity contribution is 9.08. The van der Waals surface area contributed by atoms with Crippen LogP contribution in [0.5, 0.6) is 0 Å². The summed E-state index contributed by atoms with van der Waals surface area (Å²) >= 11 is 9.45. The molecule has 0 saturated heterocycles. The van der Waals surface area contributed by atoms with E-state index >= 15 is 0 Å². The SMILES string of the molecule is Clc1ccc(-n2cc(CBr)c(-c3ccccc3)n2)cc1. The standard InChI is InChI=1S/C16H12BrClN2/c17-10-13-11-20(15-8-6-14(18)7-9-15)19-16(13)12-4-2-1-3-5-12/h1-9,11H,10H2. The highest BCUT2D eigenvalue weighted by Gasteiger charge is 2.10. The molecule has 3 rings (SSSR count). The molecule has 4 heteroatoms. The van der Waals surface area contributed by atoms with Crippen LogP contribution >= 0.6 is 27.5 Å². The molecule has 0 aliphatic heterocycles. The first-order valence-electron chi connectivity index (χ1n) is 6.24. The molecule has 0 amide bonds. The Balaban J connectivity index is 2.07. The van der Waals surface area contributed by atoms with Gasteiger partial charge in [0.2, 0.25) is 0 Å². The second-order valence-electron chi connectivity index (χ2n) is 4.42. The third kappa shape index (κ3) is 2.65. The molecule has 0 unspecified atom stereocenters. The van der Waals surface area contributed by atoms with Gasteiger partial charge in [-0.05, 0) is 24.3 Å². The molecule has 0 fully saturated rings. The van der Waals surface area contributed by atoms with Crippen LogP contribution in [0.4, 0.5) is 0 Å². The quantitative estimate of drug-likeness (QED) is 0.604. The van der Waals surface area contributed by atoms with Gasteiger partial charge in [-0.3, -0.25) is 0 Å². The number of benzene rings is 2. The van der Waals surface area contributed by atoms with Gasteiger partial charge in [0.05, 0.1) is 11.4 Å². The zero-order valence-corrected chi connectivity index (χ0v) is 13.0.